The van der Waals surface area contributed by atoms with Gasteiger partial charge in [-0.2, -0.15) is 0 Å². The van der Waals surface area contributed by atoms with E-state index in [0.29, 0.717) is 6.54 Å². The number of hydrogen-bond acceptors (Lipinski definition) is 3. The van der Waals surface area contributed by atoms with Crippen LogP contribution in [-0.2, 0) is 0 Å². The van der Waals surface area contributed by atoms with Crippen LogP contribution in [0.1, 0.15) is 6.92 Å². The van der Waals surface area contributed by atoms with Crippen LogP contribution in [0.5, 0.6) is 0 Å². The van der Waals surface area contributed by atoms with Gasteiger partial charge in [0.25, 0.3) is 0 Å². The standard InChI is InChI=1S/C6H16N2O/c1-6(7)5-8(2)3-4-9/h6,9H,3-5,7H2,1-2H3/t6-/m1/s1. The quantitative estimate of drug-likeness (QED) is 0.529. The number of likely N-dealkylation sites (N-methyl/N-ethyl adjacent to an activating group) is 1. The first-order valence-corrected chi connectivity index (χ1v) is 3.21. The van der Waals surface area contributed by atoms with Crippen molar-refractivity contribution in [2.45, 2.75) is 13.0 Å². The Hall–Kier alpha value is -0.120. The molecule has 56 valence electrons. The summed E-state index contributed by atoms with van der Waals surface area (Å²) >= 11 is 0. The summed E-state index contributed by atoms with van der Waals surface area (Å²) in [5, 5.41) is 8.47. The van der Waals surface area contributed by atoms with Gasteiger partial charge in [0, 0.05) is 19.1 Å². The number of nitrogens with two attached hydrogens (primary N) is 1. The predicted octanol–water partition coefficient (Wildman–Crippen LogP) is -0.742. The molecule has 0 bridgehead atoms. The van der Waals surface area contributed by atoms with E-state index in [1.165, 1.54) is 0 Å². The van der Waals surface area contributed by atoms with Crippen molar-refractivity contribution in [3.05, 3.63) is 0 Å². The summed E-state index contributed by atoms with van der Waals surface area (Å²) in [6.07, 6.45) is 0. The van der Waals surface area contributed by atoms with Gasteiger partial charge in [0.15, 0.2) is 0 Å². The Morgan fingerprint density at radius 1 is 1.67 bits per heavy atom. The van der Waals surface area contributed by atoms with E-state index < -0.39 is 0 Å². The highest BCUT2D eigenvalue weighted by atomic mass is 16.3. The van der Waals surface area contributed by atoms with Gasteiger partial charge < -0.3 is 15.7 Å². The lowest BCUT2D eigenvalue weighted by Crippen LogP contribution is -2.34. The second-order valence-electron chi connectivity index (χ2n) is 2.46. The first-order valence-electron chi connectivity index (χ1n) is 3.21. The van der Waals surface area contributed by atoms with Gasteiger partial charge in [-0.05, 0) is 14.0 Å². The largest absolute Gasteiger partial charge is 0.395 e. The molecule has 0 amide bonds. The van der Waals surface area contributed by atoms with Crippen molar-refractivity contribution in [1.29, 1.82) is 0 Å². The van der Waals surface area contributed by atoms with Crippen LogP contribution in [0.3, 0.4) is 0 Å². The third kappa shape index (κ3) is 5.76. The van der Waals surface area contributed by atoms with Gasteiger partial charge in [0.05, 0.1) is 6.61 Å². The Bertz CT molecular complexity index is 66.1. The van der Waals surface area contributed by atoms with Crippen LogP contribution in [0.4, 0.5) is 0 Å². The highest BCUT2D eigenvalue weighted by Gasteiger charge is 1.98. The number of aliphatic hydroxyl groups is 1. The van der Waals surface area contributed by atoms with Crippen molar-refractivity contribution in [1.82, 2.24) is 4.90 Å². The van der Waals surface area contributed by atoms with Gasteiger partial charge in [-0.15, -0.1) is 0 Å². The Labute approximate surface area is 56.5 Å². The zero-order valence-corrected chi connectivity index (χ0v) is 6.17. The van der Waals surface area contributed by atoms with Crippen LogP contribution in [0, 0.1) is 0 Å². The fourth-order valence-corrected chi connectivity index (χ4v) is 0.754. The van der Waals surface area contributed by atoms with Crippen LogP contribution >= 0.6 is 0 Å². The molecular weight excluding hydrogens is 116 g/mol. The molecule has 0 saturated heterocycles. The van der Waals surface area contributed by atoms with E-state index >= 15 is 0 Å². The minimum Gasteiger partial charge on any atom is -0.395 e. The molecule has 3 heteroatoms. The Morgan fingerprint density at radius 2 is 2.22 bits per heavy atom. The summed E-state index contributed by atoms with van der Waals surface area (Å²) in [5.74, 6) is 0. The maximum Gasteiger partial charge on any atom is 0.0558 e. The molecule has 0 aliphatic carbocycles. The smallest absolute Gasteiger partial charge is 0.0558 e. The van der Waals surface area contributed by atoms with Gasteiger partial charge in [0.2, 0.25) is 0 Å². The third-order valence-corrected chi connectivity index (χ3v) is 1.08. The van der Waals surface area contributed by atoms with E-state index in [1.807, 2.05) is 18.9 Å². The van der Waals surface area contributed by atoms with E-state index in [-0.39, 0.29) is 12.6 Å². The molecule has 0 rings (SSSR count). The second-order valence-corrected chi connectivity index (χ2v) is 2.46. The van der Waals surface area contributed by atoms with E-state index in [0.717, 1.165) is 6.54 Å². The van der Waals surface area contributed by atoms with Crippen LogP contribution in [0.25, 0.3) is 0 Å². The SMILES string of the molecule is C[C@@H](N)CN(C)CCO. The van der Waals surface area contributed by atoms with Gasteiger partial charge in [0.1, 0.15) is 0 Å². The zero-order valence-electron chi connectivity index (χ0n) is 6.17. The Morgan fingerprint density at radius 3 is 2.56 bits per heavy atom. The first kappa shape index (κ1) is 8.88. The van der Waals surface area contributed by atoms with Gasteiger partial charge >= 0.3 is 0 Å². The molecule has 1 atom stereocenters. The van der Waals surface area contributed by atoms with Crippen molar-refractivity contribution < 1.29 is 5.11 Å². The van der Waals surface area contributed by atoms with Crippen molar-refractivity contribution >= 4 is 0 Å². The van der Waals surface area contributed by atoms with E-state index in [2.05, 4.69) is 0 Å². The zero-order chi connectivity index (χ0) is 7.28. The van der Waals surface area contributed by atoms with Crippen LogP contribution in [-0.4, -0.2) is 42.8 Å². The monoisotopic (exact) mass is 132 g/mol. The molecule has 0 saturated carbocycles. The molecule has 0 aliphatic heterocycles. The fourth-order valence-electron chi connectivity index (χ4n) is 0.754. The molecule has 3 N–H and O–H groups in total. The minimum absolute atomic E-state index is 0.196. The molecule has 0 fully saturated rings. The van der Waals surface area contributed by atoms with Gasteiger partial charge in [-0.1, -0.05) is 0 Å². The second kappa shape index (κ2) is 4.73. The summed E-state index contributed by atoms with van der Waals surface area (Å²) in [7, 11) is 1.94. The lowest BCUT2D eigenvalue weighted by atomic mass is 10.3. The van der Waals surface area contributed by atoms with Gasteiger partial charge in [-0.3, -0.25) is 0 Å². The number of rotatable bonds is 4. The lowest BCUT2D eigenvalue weighted by molar-refractivity contribution is 0.216. The lowest BCUT2D eigenvalue weighted by Gasteiger charge is -2.16. The average Bonchev–Trinajstić information content (AvgIpc) is 1.63. The molecule has 0 aromatic heterocycles. The number of hydrogen-bond donors (Lipinski definition) is 2. The highest BCUT2D eigenvalue weighted by molar-refractivity contribution is 4.58. The molecule has 0 aromatic carbocycles. The number of aliphatic hydroxyl groups excluding tert-OH is 1. The fraction of sp³-hybridized carbons (Fsp3) is 1.00. The van der Waals surface area contributed by atoms with Crippen molar-refractivity contribution in [3.8, 4) is 0 Å². The van der Waals surface area contributed by atoms with Crippen molar-refractivity contribution in [3.63, 3.8) is 0 Å². The summed E-state index contributed by atoms with van der Waals surface area (Å²) < 4.78 is 0. The third-order valence-electron chi connectivity index (χ3n) is 1.08. The van der Waals surface area contributed by atoms with Crippen molar-refractivity contribution in [2.24, 2.45) is 5.73 Å². The van der Waals surface area contributed by atoms with Crippen LogP contribution < -0.4 is 5.73 Å². The summed E-state index contributed by atoms with van der Waals surface area (Å²) in [4.78, 5) is 2.00. The molecule has 0 heterocycles. The molecule has 3 nitrogen and oxygen atoms in total. The Balaban J connectivity index is 3.15. The van der Waals surface area contributed by atoms with Crippen LogP contribution in [0.15, 0.2) is 0 Å². The molecule has 9 heavy (non-hydrogen) atoms. The topological polar surface area (TPSA) is 49.5 Å². The first-order chi connectivity index (χ1) is 4.16. The summed E-state index contributed by atoms with van der Waals surface area (Å²) in [5.41, 5.74) is 5.50. The normalized spacial score (nSPS) is 14.3. The highest BCUT2D eigenvalue weighted by Crippen LogP contribution is 1.82. The molecular formula is C6H16N2O. The maximum absolute atomic E-state index is 8.47. The predicted molar refractivity (Wildman–Crippen MR) is 38.2 cm³/mol. The number of nitrogens with zero attached hydrogens (tertiary/aromatic N) is 1. The summed E-state index contributed by atoms with van der Waals surface area (Å²) in [6, 6.07) is 0.196. The molecule has 0 unspecified atom stereocenters. The van der Waals surface area contributed by atoms with Crippen LogP contribution in [0.2, 0.25) is 0 Å². The van der Waals surface area contributed by atoms with E-state index in [4.69, 9.17) is 10.8 Å². The van der Waals surface area contributed by atoms with Crippen molar-refractivity contribution in [2.75, 3.05) is 26.7 Å². The Kier molecular flexibility index (Phi) is 4.67. The molecule has 0 spiro atoms. The molecule has 0 aromatic rings. The molecule has 0 radical (unpaired) electrons. The van der Waals surface area contributed by atoms with E-state index in [1.54, 1.807) is 0 Å². The van der Waals surface area contributed by atoms with Gasteiger partial charge in [-0.25, -0.2) is 0 Å². The average molecular weight is 132 g/mol. The molecule has 0 aliphatic rings. The minimum atomic E-state index is 0.196. The summed E-state index contributed by atoms with van der Waals surface area (Å²) in [6.45, 7) is 3.72. The van der Waals surface area contributed by atoms with E-state index in [9.17, 15) is 0 Å². The maximum atomic E-state index is 8.47.